The fourth-order valence-corrected chi connectivity index (χ4v) is 3.39. The smallest absolute Gasteiger partial charge is 0.347 e. The lowest BCUT2D eigenvalue weighted by molar-refractivity contribution is -0.118. The Bertz CT molecular complexity index is 1320. The van der Waals surface area contributed by atoms with Crippen LogP contribution in [0.3, 0.4) is 0 Å². The van der Waals surface area contributed by atoms with Crippen molar-refractivity contribution in [3.05, 3.63) is 88.8 Å². The van der Waals surface area contributed by atoms with Crippen molar-refractivity contribution in [2.24, 2.45) is 0 Å². The summed E-state index contributed by atoms with van der Waals surface area (Å²) in [5.74, 6) is 0.610. The van der Waals surface area contributed by atoms with Crippen molar-refractivity contribution in [3.8, 4) is 17.2 Å². The van der Waals surface area contributed by atoms with Crippen LogP contribution in [0.4, 0.5) is 5.69 Å². The molecule has 0 aliphatic rings. The van der Waals surface area contributed by atoms with Crippen molar-refractivity contribution in [1.82, 2.24) is 4.98 Å². The Hall–Kier alpha value is -3.93. The molecule has 33 heavy (non-hydrogen) atoms. The molecule has 4 rings (SSSR count). The minimum Gasteiger partial charge on any atom is -0.484 e. The van der Waals surface area contributed by atoms with Crippen LogP contribution in [0.5, 0.6) is 5.75 Å². The van der Waals surface area contributed by atoms with E-state index in [-0.39, 0.29) is 23.8 Å². The minimum absolute atomic E-state index is 0.0978. The van der Waals surface area contributed by atoms with E-state index in [9.17, 15) is 9.59 Å². The van der Waals surface area contributed by atoms with E-state index in [0.717, 1.165) is 6.42 Å². The molecule has 4 aromatic rings. The van der Waals surface area contributed by atoms with E-state index >= 15 is 0 Å². The van der Waals surface area contributed by atoms with Crippen molar-refractivity contribution >= 4 is 22.5 Å². The van der Waals surface area contributed by atoms with E-state index < -0.39 is 5.63 Å². The van der Waals surface area contributed by atoms with Crippen LogP contribution in [0.25, 0.3) is 22.4 Å². The largest absolute Gasteiger partial charge is 0.484 e. The van der Waals surface area contributed by atoms with Crippen LogP contribution in [0, 0.1) is 0 Å². The quantitative estimate of drug-likeness (QED) is 0.405. The van der Waals surface area contributed by atoms with Crippen LogP contribution in [-0.4, -0.2) is 17.5 Å². The van der Waals surface area contributed by atoms with Crippen molar-refractivity contribution in [1.29, 1.82) is 0 Å². The Morgan fingerprint density at radius 1 is 1.00 bits per heavy atom. The first-order valence-electron chi connectivity index (χ1n) is 10.9. The third-order valence-corrected chi connectivity index (χ3v) is 5.84. The van der Waals surface area contributed by atoms with E-state index in [1.165, 1.54) is 5.56 Å². The summed E-state index contributed by atoms with van der Waals surface area (Å²) in [5, 5.41) is 3.24. The number of rotatable bonds is 7. The Morgan fingerprint density at radius 2 is 1.70 bits per heavy atom. The zero-order valence-corrected chi connectivity index (χ0v) is 18.9. The second-order valence-corrected chi connectivity index (χ2v) is 8.50. The fraction of sp³-hybridized carbons (Fsp3) is 0.222. The summed E-state index contributed by atoms with van der Waals surface area (Å²) in [6.07, 6.45) is 1.04. The molecule has 6 nitrogen and oxygen atoms in total. The molecular formula is C27H26N2O4. The number of fused-ring (bicyclic) bond motifs is 1. The topological polar surface area (TPSA) is 81.4 Å². The molecule has 1 amide bonds. The summed E-state index contributed by atoms with van der Waals surface area (Å²) in [7, 11) is 0. The number of hydrogen-bond donors (Lipinski definition) is 1. The first kappa shape index (κ1) is 22.3. The molecule has 0 atom stereocenters. The number of carbonyl (C=O) groups is 1. The van der Waals surface area contributed by atoms with Gasteiger partial charge in [-0.2, -0.15) is 0 Å². The van der Waals surface area contributed by atoms with Crippen molar-refractivity contribution < 1.29 is 13.9 Å². The number of carbonyl (C=O) groups excluding carboxylic acids is 1. The van der Waals surface area contributed by atoms with Crippen LogP contribution in [0.15, 0.2) is 82.0 Å². The van der Waals surface area contributed by atoms with Gasteiger partial charge in [0.25, 0.3) is 5.91 Å². The average Bonchev–Trinajstić information content (AvgIpc) is 2.83. The Labute approximate surface area is 192 Å². The molecule has 0 radical (unpaired) electrons. The highest BCUT2D eigenvalue weighted by Gasteiger charge is 2.17. The van der Waals surface area contributed by atoms with Gasteiger partial charge >= 0.3 is 5.63 Å². The predicted molar refractivity (Wildman–Crippen MR) is 130 cm³/mol. The van der Waals surface area contributed by atoms with Crippen LogP contribution in [-0.2, 0) is 10.2 Å². The lowest BCUT2D eigenvalue weighted by Crippen LogP contribution is -2.20. The predicted octanol–water partition coefficient (Wildman–Crippen LogP) is 5.56. The zero-order valence-electron chi connectivity index (χ0n) is 18.9. The van der Waals surface area contributed by atoms with Crippen molar-refractivity contribution in [2.75, 3.05) is 11.9 Å². The molecule has 0 bridgehead atoms. The lowest BCUT2D eigenvalue weighted by atomic mass is 9.82. The number of aromatic nitrogens is 1. The van der Waals surface area contributed by atoms with Gasteiger partial charge < -0.3 is 14.5 Å². The Kier molecular flexibility index (Phi) is 6.27. The van der Waals surface area contributed by atoms with E-state index in [4.69, 9.17) is 9.15 Å². The summed E-state index contributed by atoms with van der Waals surface area (Å²) in [6, 6.07) is 21.8. The second-order valence-electron chi connectivity index (χ2n) is 8.50. The Balaban J connectivity index is 1.37. The summed E-state index contributed by atoms with van der Waals surface area (Å²) in [5.41, 5.74) is 2.73. The maximum atomic E-state index is 12.3. The highest BCUT2D eigenvalue weighted by molar-refractivity contribution is 5.92. The number of ether oxygens (including phenoxy) is 1. The monoisotopic (exact) mass is 442 g/mol. The number of nitrogens with one attached hydrogen (secondary N) is 1. The first-order valence-corrected chi connectivity index (χ1v) is 10.9. The third-order valence-electron chi connectivity index (χ3n) is 5.84. The first-order chi connectivity index (χ1) is 15.9. The fourth-order valence-electron chi connectivity index (χ4n) is 3.39. The van der Waals surface area contributed by atoms with Gasteiger partial charge in [-0.25, -0.2) is 9.78 Å². The summed E-state index contributed by atoms with van der Waals surface area (Å²) in [4.78, 5) is 28.9. The molecule has 1 heterocycles. The number of hydrogen-bond acceptors (Lipinski definition) is 5. The minimum atomic E-state index is -0.434. The van der Waals surface area contributed by atoms with Gasteiger partial charge in [-0.3, -0.25) is 4.79 Å². The van der Waals surface area contributed by atoms with Gasteiger partial charge in [0.15, 0.2) is 6.61 Å². The molecular weight excluding hydrogens is 416 g/mol. The molecule has 0 saturated heterocycles. The SMILES string of the molecule is CCC(C)(C)c1ccc(OCC(=O)Nc2ccc(-c3nc4ccccc4c(=O)o3)cc2)cc1. The molecule has 0 saturated carbocycles. The molecule has 1 N–H and O–H groups in total. The highest BCUT2D eigenvalue weighted by atomic mass is 16.5. The number of anilines is 1. The highest BCUT2D eigenvalue weighted by Crippen LogP contribution is 2.28. The molecule has 168 valence electrons. The van der Waals surface area contributed by atoms with Crippen LogP contribution < -0.4 is 15.7 Å². The van der Waals surface area contributed by atoms with E-state index in [1.807, 2.05) is 30.3 Å². The number of para-hydroxylation sites is 1. The van der Waals surface area contributed by atoms with Crippen LogP contribution in [0.2, 0.25) is 0 Å². The maximum absolute atomic E-state index is 12.3. The molecule has 0 aliphatic heterocycles. The van der Waals surface area contributed by atoms with Crippen molar-refractivity contribution in [3.63, 3.8) is 0 Å². The van der Waals surface area contributed by atoms with Gasteiger partial charge in [-0.05, 0) is 65.9 Å². The molecule has 0 unspecified atom stereocenters. The molecule has 6 heteroatoms. The van der Waals surface area contributed by atoms with Gasteiger partial charge in [0, 0.05) is 11.3 Å². The lowest BCUT2D eigenvalue weighted by Gasteiger charge is -2.23. The van der Waals surface area contributed by atoms with Gasteiger partial charge in [0.2, 0.25) is 5.89 Å². The van der Waals surface area contributed by atoms with Crippen LogP contribution in [0.1, 0.15) is 32.8 Å². The number of nitrogens with zero attached hydrogens (tertiary/aromatic N) is 1. The maximum Gasteiger partial charge on any atom is 0.347 e. The standard InChI is InChI=1S/C27H26N2O4/c1-4-27(2,3)19-11-15-21(16-12-19)32-17-24(30)28-20-13-9-18(10-14-20)25-29-23-8-6-5-7-22(23)26(31)33-25/h5-16H,4,17H2,1-3H3,(H,28,30). The number of benzene rings is 3. The van der Waals surface area contributed by atoms with Gasteiger partial charge in [0.05, 0.1) is 10.9 Å². The summed E-state index contributed by atoms with van der Waals surface area (Å²) in [6.45, 7) is 6.46. The van der Waals surface area contributed by atoms with Gasteiger partial charge in [0.1, 0.15) is 5.75 Å². The van der Waals surface area contributed by atoms with E-state index in [2.05, 4.69) is 31.1 Å². The molecule has 0 fully saturated rings. The Morgan fingerprint density at radius 3 is 2.39 bits per heavy atom. The summed E-state index contributed by atoms with van der Waals surface area (Å²) >= 11 is 0. The molecule has 1 aromatic heterocycles. The number of amides is 1. The van der Waals surface area contributed by atoms with Crippen molar-refractivity contribution in [2.45, 2.75) is 32.6 Å². The molecule has 0 aliphatic carbocycles. The molecule has 0 spiro atoms. The second kappa shape index (κ2) is 9.28. The van der Waals surface area contributed by atoms with Crippen LogP contribution >= 0.6 is 0 Å². The van der Waals surface area contributed by atoms with Gasteiger partial charge in [-0.15, -0.1) is 0 Å². The third kappa shape index (κ3) is 5.12. The van der Waals surface area contributed by atoms with E-state index in [1.54, 1.807) is 42.5 Å². The molecule has 3 aromatic carbocycles. The van der Waals surface area contributed by atoms with Gasteiger partial charge in [-0.1, -0.05) is 45.0 Å². The normalized spacial score (nSPS) is 11.4. The zero-order chi connectivity index (χ0) is 23.4. The average molecular weight is 443 g/mol. The summed E-state index contributed by atoms with van der Waals surface area (Å²) < 4.78 is 11.0. The van der Waals surface area contributed by atoms with E-state index in [0.29, 0.717) is 27.9 Å².